The molecule has 0 radical (unpaired) electrons. The van der Waals surface area contributed by atoms with Gasteiger partial charge in [0.25, 0.3) is 11.8 Å². The van der Waals surface area contributed by atoms with Gasteiger partial charge in [0.1, 0.15) is 5.82 Å². The fourth-order valence-electron chi connectivity index (χ4n) is 1.95. The Hall–Kier alpha value is -2.49. The highest BCUT2D eigenvalue weighted by Crippen LogP contribution is 2.15. The molecule has 7 nitrogen and oxygen atoms in total. The van der Waals surface area contributed by atoms with Gasteiger partial charge in [0, 0.05) is 7.05 Å². The molecule has 0 heterocycles. The summed E-state index contributed by atoms with van der Waals surface area (Å²) in [5.74, 6) is -1.99. The van der Waals surface area contributed by atoms with Crippen molar-refractivity contribution in [3.8, 4) is 0 Å². The molecule has 0 saturated carbocycles. The van der Waals surface area contributed by atoms with Crippen LogP contribution in [0.2, 0.25) is 5.02 Å². The van der Waals surface area contributed by atoms with Gasteiger partial charge in [0.2, 0.25) is 10.0 Å². The lowest BCUT2D eigenvalue weighted by Crippen LogP contribution is -2.46. The molecule has 0 aliphatic carbocycles. The van der Waals surface area contributed by atoms with Crippen LogP contribution in [0.15, 0.2) is 53.4 Å². The first-order chi connectivity index (χ1) is 12.2. The molecule has 2 aromatic rings. The average molecular weight is 400 g/mol. The van der Waals surface area contributed by atoms with E-state index in [0.717, 1.165) is 28.6 Å². The van der Waals surface area contributed by atoms with Gasteiger partial charge in [-0.2, -0.15) is 4.31 Å². The highest BCUT2D eigenvalue weighted by atomic mass is 35.5. The Balaban J connectivity index is 1.95. The number of nitrogens with zero attached hydrogens (tertiary/aromatic N) is 1. The molecule has 2 aromatic carbocycles. The maximum Gasteiger partial charge on any atom is 0.271 e. The van der Waals surface area contributed by atoms with Gasteiger partial charge < -0.3 is 0 Å². The molecule has 2 N–H and O–H groups in total. The molecule has 0 spiro atoms. The number of carbonyl (C=O) groups is 2. The number of hydrogen-bond acceptors (Lipinski definition) is 4. The first-order valence-corrected chi connectivity index (χ1v) is 9.09. The molecule has 26 heavy (non-hydrogen) atoms. The summed E-state index contributed by atoms with van der Waals surface area (Å²) >= 11 is 5.87. The van der Waals surface area contributed by atoms with Crippen LogP contribution >= 0.6 is 11.6 Å². The van der Waals surface area contributed by atoms with Gasteiger partial charge in [-0.25, -0.2) is 12.8 Å². The lowest BCUT2D eigenvalue weighted by molar-refractivity contribution is -0.121. The number of likely N-dealkylation sites (N-methyl/N-ethyl adjacent to an activating group) is 1. The van der Waals surface area contributed by atoms with Crippen molar-refractivity contribution in [1.82, 2.24) is 15.2 Å². The van der Waals surface area contributed by atoms with Crippen molar-refractivity contribution in [2.24, 2.45) is 0 Å². The Morgan fingerprint density at radius 1 is 1.08 bits per heavy atom. The number of benzene rings is 2. The third-order valence-corrected chi connectivity index (χ3v) is 5.47. The van der Waals surface area contributed by atoms with Crippen molar-refractivity contribution in [1.29, 1.82) is 0 Å². The molecule has 0 unspecified atom stereocenters. The van der Waals surface area contributed by atoms with Gasteiger partial charge in [0.15, 0.2) is 0 Å². The van der Waals surface area contributed by atoms with Crippen molar-refractivity contribution in [2.75, 3.05) is 13.6 Å². The Bertz CT molecular complexity index is 919. The first-order valence-electron chi connectivity index (χ1n) is 7.27. The normalized spacial score (nSPS) is 11.2. The summed E-state index contributed by atoms with van der Waals surface area (Å²) < 4.78 is 38.3. The third-order valence-electron chi connectivity index (χ3n) is 3.32. The second-order valence-electron chi connectivity index (χ2n) is 5.20. The van der Waals surface area contributed by atoms with E-state index in [9.17, 15) is 22.4 Å². The summed E-state index contributed by atoms with van der Waals surface area (Å²) in [5.41, 5.74) is 4.41. The molecule has 0 aromatic heterocycles. The monoisotopic (exact) mass is 399 g/mol. The predicted octanol–water partition coefficient (Wildman–Crippen LogP) is 1.56. The van der Waals surface area contributed by atoms with Crippen molar-refractivity contribution in [3.05, 3.63) is 64.9 Å². The Kier molecular flexibility index (Phi) is 6.30. The average Bonchev–Trinajstić information content (AvgIpc) is 2.60. The second-order valence-corrected chi connectivity index (χ2v) is 7.65. The quantitative estimate of drug-likeness (QED) is 0.746. The molecule has 10 heteroatoms. The molecule has 0 fully saturated rings. The van der Waals surface area contributed by atoms with Gasteiger partial charge in [0.05, 0.1) is 22.0 Å². The van der Waals surface area contributed by atoms with Crippen molar-refractivity contribution in [3.63, 3.8) is 0 Å². The lowest BCUT2D eigenvalue weighted by atomic mass is 10.2. The summed E-state index contributed by atoms with van der Waals surface area (Å²) in [7, 11) is -2.79. The highest BCUT2D eigenvalue weighted by Gasteiger charge is 2.23. The number of hydrazine groups is 1. The summed E-state index contributed by atoms with van der Waals surface area (Å²) in [4.78, 5) is 23.7. The standard InChI is InChI=1S/C16H15ClFN3O4S/c1-21(26(24,25)12-8-6-11(18)7-9-12)10-15(22)19-20-16(23)13-4-2-3-5-14(13)17/h2-9H,10H2,1H3,(H,19,22)(H,20,23). The van der Waals surface area contributed by atoms with E-state index in [4.69, 9.17) is 11.6 Å². The largest absolute Gasteiger partial charge is 0.272 e. The van der Waals surface area contributed by atoms with Crippen LogP contribution in [0.1, 0.15) is 10.4 Å². The van der Waals surface area contributed by atoms with E-state index in [1.807, 2.05) is 0 Å². The smallest absolute Gasteiger partial charge is 0.271 e. The zero-order valence-electron chi connectivity index (χ0n) is 13.6. The van der Waals surface area contributed by atoms with Crippen LogP contribution in [0.4, 0.5) is 4.39 Å². The molecule has 2 rings (SSSR count). The number of hydrogen-bond donors (Lipinski definition) is 2. The fourth-order valence-corrected chi connectivity index (χ4v) is 3.30. The summed E-state index contributed by atoms with van der Waals surface area (Å²) in [6.45, 7) is -0.553. The molecule has 0 aliphatic rings. The van der Waals surface area contributed by atoms with Crippen LogP contribution in [0.25, 0.3) is 0 Å². The molecule has 2 amide bonds. The van der Waals surface area contributed by atoms with Crippen LogP contribution in [0.3, 0.4) is 0 Å². The van der Waals surface area contributed by atoms with Crippen LogP contribution < -0.4 is 10.9 Å². The number of rotatable bonds is 5. The molecular weight excluding hydrogens is 385 g/mol. The Morgan fingerprint density at radius 2 is 1.69 bits per heavy atom. The van der Waals surface area contributed by atoms with E-state index in [2.05, 4.69) is 10.9 Å². The van der Waals surface area contributed by atoms with E-state index >= 15 is 0 Å². The van der Waals surface area contributed by atoms with Crippen molar-refractivity contribution >= 4 is 33.4 Å². The van der Waals surface area contributed by atoms with E-state index < -0.39 is 34.2 Å². The highest BCUT2D eigenvalue weighted by molar-refractivity contribution is 7.89. The van der Waals surface area contributed by atoms with Gasteiger partial charge >= 0.3 is 0 Å². The lowest BCUT2D eigenvalue weighted by Gasteiger charge is -2.17. The molecule has 138 valence electrons. The minimum Gasteiger partial charge on any atom is -0.272 e. The molecular formula is C16H15ClFN3O4S. The number of sulfonamides is 1. The molecule has 0 saturated heterocycles. The Labute approximate surface area is 154 Å². The summed E-state index contributed by atoms with van der Waals surface area (Å²) in [6.07, 6.45) is 0. The van der Waals surface area contributed by atoms with E-state index in [1.54, 1.807) is 12.1 Å². The van der Waals surface area contributed by atoms with Crippen molar-refractivity contribution < 1.29 is 22.4 Å². The van der Waals surface area contributed by atoms with Crippen LogP contribution in [-0.2, 0) is 14.8 Å². The van der Waals surface area contributed by atoms with E-state index in [-0.39, 0.29) is 15.5 Å². The van der Waals surface area contributed by atoms with Crippen LogP contribution in [-0.4, -0.2) is 38.1 Å². The number of amides is 2. The third kappa shape index (κ3) is 4.78. The van der Waals surface area contributed by atoms with Crippen LogP contribution in [0, 0.1) is 5.82 Å². The van der Waals surface area contributed by atoms with Crippen LogP contribution in [0.5, 0.6) is 0 Å². The predicted molar refractivity (Wildman–Crippen MR) is 93.3 cm³/mol. The number of nitrogens with one attached hydrogen (secondary N) is 2. The van der Waals surface area contributed by atoms with Crippen molar-refractivity contribution in [2.45, 2.75) is 4.90 Å². The summed E-state index contributed by atoms with van der Waals surface area (Å²) in [6, 6.07) is 10.4. The van der Waals surface area contributed by atoms with Gasteiger partial charge in [-0.15, -0.1) is 0 Å². The number of halogens is 2. The zero-order valence-corrected chi connectivity index (χ0v) is 15.1. The topological polar surface area (TPSA) is 95.6 Å². The van der Waals surface area contributed by atoms with Gasteiger partial charge in [-0.1, -0.05) is 23.7 Å². The second kappa shape index (κ2) is 8.26. The van der Waals surface area contributed by atoms with E-state index in [1.165, 1.54) is 19.2 Å². The maximum absolute atomic E-state index is 12.9. The maximum atomic E-state index is 12.9. The fraction of sp³-hybridized carbons (Fsp3) is 0.125. The molecule has 0 bridgehead atoms. The molecule has 0 atom stereocenters. The summed E-state index contributed by atoms with van der Waals surface area (Å²) in [5, 5.41) is 0.204. The zero-order chi connectivity index (χ0) is 19.3. The minimum atomic E-state index is -3.98. The molecule has 0 aliphatic heterocycles. The number of carbonyl (C=O) groups excluding carboxylic acids is 2. The first kappa shape index (κ1) is 19.8. The SMILES string of the molecule is CN(CC(=O)NNC(=O)c1ccccc1Cl)S(=O)(=O)c1ccc(F)cc1. The minimum absolute atomic E-state index is 0.154. The van der Waals surface area contributed by atoms with E-state index in [0.29, 0.717) is 0 Å². The van der Waals surface area contributed by atoms with Gasteiger partial charge in [-0.05, 0) is 36.4 Å². The van der Waals surface area contributed by atoms with Gasteiger partial charge in [-0.3, -0.25) is 20.4 Å². The Morgan fingerprint density at radius 3 is 2.31 bits per heavy atom.